The first kappa shape index (κ1) is 16.5. The molecule has 1 aliphatic heterocycles. The first-order valence-electron chi connectivity index (χ1n) is 7.98. The Morgan fingerprint density at radius 3 is 2.75 bits per heavy atom. The van der Waals surface area contributed by atoms with E-state index in [9.17, 15) is 9.90 Å². The molecule has 6 heteroatoms. The third kappa shape index (κ3) is 3.60. The summed E-state index contributed by atoms with van der Waals surface area (Å²) in [7, 11) is 0. The van der Waals surface area contributed by atoms with Crippen molar-refractivity contribution in [2.24, 2.45) is 0 Å². The van der Waals surface area contributed by atoms with Crippen molar-refractivity contribution in [3.63, 3.8) is 0 Å². The van der Waals surface area contributed by atoms with Crippen molar-refractivity contribution in [1.29, 1.82) is 0 Å². The maximum Gasteiger partial charge on any atom is 0.255 e. The van der Waals surface area contributed by atoms with Crippen molar-refractivity contribution >= 4 is 5.91 Å². The molecule has 0 aliphatic carbocycles. The normalized spacial score (nSPS) is 20.8. The van der Waals surface area contributed by atoms with Crippen LogP contribution in [0.15, 0.2) is 42.7 Å². The molecule has 1 N–H and O–H groups in total. The average Bonchev–Trinajstić information content (AvgIpc) is 2.64. The van der Waals surface area contributed by atoms with Crippen molar-refractivity contribution in [3.8, 4) is 0 Å². The second kappa shape index (κ2) is 7.07. The molecule has 1 saturated heterocycles. The van der Waals surface area contributed by atoms with Crippen LogP contribution in [0, 0.1) is 6.92 Å². The van der Waals surface area contributed by atoms with E-state index in [4.69, 9.17) is 4.74 Å². The van der Waals surface area contributed by atoms with Crippen LogP contribution in [0.3, 0.4) is 0 Å². The van der Waals surface area contributed by atoms with Crippen LogP contribution in [0.4, 0.5) is 0 Å². The van der Waals surface area contributed by atoms with Crippen molar-refractivity contribution in [2.75, 3.05) is 26.3 Å². The molecule has 0 spiro atoms. The van der Waals surface area contributed by atoms with Gasteiger partial charge in [-0.05, 0) is 18.6 Å². The topological polar surface area (TPSA) is 75.5 Å². The van der Waals surface area contributed by atoms with E-state index in [-0.39, 0.29) is 12.5 Å². The van der Waals surface area contributed by atoms with Gasteiger partial charge < -0.3 is 14.7 Å². The summed E-state index contributed by atoms with van der Waals surface area (Å²) in [6.45, 7) is 3.14. The number of carbonyl (C=O) groups is 1. The number of aryl methyl sites for hydroxylation is 1. The fourth-order valence-corrected chi connectivity index (χ4v) is 2.95. The number of nitrogens with zero attached hydrogens (tertiary/aromatic N) is 3. The highest BCUT2D eigenvalue weighted by Crippen LogP contribution is 2.24. The Labute approximate surface area is 141 Å². The average molecular weight is 327 g/mol. The maximum absolute atomic E-state index is 12.6. The molecule has 0 unspecified atom stereocenters. The summed E-state index contributed by atoms with van der Waals surface area (Å²) in [5.74, 6) is -0.116. The second-order valence-electron chi connectivity index (χ2n) is 6.21. The highest BCUT2D eigenvalue weighted by atomic mass is 16.5. The zero-order valence-corrected chi connectivity index (χ0v) is 13.7. The third-order valence-electron chi connectivity index (χ3n) is 4.30. The van der Waals surface area contributed by atoms with Crippen molar-refractivity contribution < 1.29 is 14.6 Å². The Morgan fingerprint density at radius 2 is 2.08 bits per heavy atom. The zero-order valence-electron chi connectivity index (χ0n) is 13.7. The number of rotatable bonds is 4. The van der Waals surface area contributed by atoms with Crippen molar-refractivity contribution in [1.82, 2.24) is 15.1 Å². The molecule has 126 valence electrons. The van der Waals surface area contributed by atoms with Gasteiger partial charge in [0, 0.05) is 13.0 Å². The van der Waals surface area contributed by atoms with Gasteiger partial charge in [-0.1, -0.05) is 29.8 Å². The molecule has 1 aromatic heterocycles. The summed E-state index contributed by atoms with van der Waals surface area (Å²) in [4.78, 5) is 14.3. The molecule has 3 rings (SSSR count). The predicted molar refractivity (Wildman–Crippen MR) is 88.6 cm³/mol. The third-order valence-corrected chi connectivity index (χ3v) is 4.30. The van der Waals surface area contributed by atoms with Crippen LogP contribution < -0.4 is 0 Å². The number of amides is 1. The van der Waals surface area contributed by atoms with Gasteiger partial charge in [-0.3, -0.25) is 4.79 Å². The van der Waals surface area contributed by atoms with E-state index >= 15 is 0 Å². The molecular weight excluding hydrogens is 306 g/mol. The number of carbonyl (C=O) groups excluding carboxylic acids is 1. The Balaban J connectivity index is 1.76. The molecule has 2 aromatic rings. The summed E-state index contributed by atoms with van der Waals surface area (Å²) in [5, 5.41) is 17.4. The van der Waals surface area contributed by atoms with Gasteiger partial charge in [0.15, 0.2) is 0 Å². The minimum atomic E-state index is -0.774. The van der Waals surface area contributed by atoms with E-state index in [0.717, 1.165) is 5.56 Å². The largest absolute Gasteiger partial charge is 0.393 e. The van der Waals surface area contributed by atoms with Gasteiger partial charge in [0.25, 0.3) is 5.91 Å². The minimum Gasteiger partial charge on any atom is -0.393 e. The van der Waals surface area contributed by atoms with E-state index in [1.807, 2.05) is 31.2 Å². The summed E-state index contributed by atoms with van der Waals surface area (Å²) in [6, 6.07) is 9.78. The van der Waals surface area contributed by atoms with Crippen LogP contribution in [-0.2, 0) is 11.2 Å². The quantitative estimate of drug-likeness (QED) is 0.914. The van der Waals surface area contributed by atoms with Crippen LogP contribution in [0.5, 0.6) is 0 Å². The van der Waals surface area contributed by atoms with Gasteiger partial charge in [-0.25, -0.2) is 0 Å². The van der Waals surface area contributed by atoms with E-state index in [2.05, 4.69) is 10.2 Å². The molecule has 6 nitrogen and oxygen atoms in total. The van der Waals surface area contributed by atoms with Gasteiger partial charge in [0.1, 0.15) is 5.60 Å². The Bertz CT molecular complexity index is 690. The monoisotopic (exact) mass is 327 g/mol. The first-order chi connectivity index (χ1) is 11.6. The summed E-state index contributed by atoms with van der Waals surface area (Å²) < 4.78 is 5.89. The minimum absolute atomic E-state index is 0.116. The smallest absolute Gasteiger partial charge is 0.255 e. The Hall–Kier alpha value is -2.31. The molecule has 1 aliphatic rings. The molecule has 24 heavy (non-hydrogen) atoms. The SMILES string of the molecule is Cc1ccc(C[C@@]2(CO)CN(C(=O)c3ccnnc3)CCO2)cc1. The predicted octanol–water partition coefficient (Wildman–Crippen LogP) is 1.23. The van der Waals surface area contributed by atoms with Crippen LogP contribution in [0.1, 0.15) is 21.5 Å². The van der Waals surface area contributed by atoms with Crippen LogP contribution in [0.25, 0.3) is 0 Å². The number of aromatic nitrogens is 2. The number of aliphatic hydroxyl groups is 1. The number of ether oxygens (including phenoxy) is 1. The molecule has 1 atom stereocenters. The summed E-state index contributed by atoms with van der Waals surface area (Å²) >= 11 is 0. The number of hydrogen-bond acceptors (Lipinski definition) is 5. The van der Waals surface area contributed by atoms with Crippen molar-refractivity contribution in [2.45, 2.75) is 18.9 Å². The Kier molecular flexibility index (Phi) is 4.87. The van der Waals surface area contributed by atoms with E-state index < -0.39 is 5.60 Å². The summed E-state index contributed by atoms with van der Waals surface area (Å²) in [6.07, 6.45) is 3.51. The standard InChI is InChI=1S/C18H21N3O3/c1-14-2-4-15(5-3-14)10-18(13-22)12-21(8-9-24-18)17(23)16-6-7-19-20-11-16/h2-7,11,22H,8-10,12-13H2,1H3/t18-/m0/s1. The van der Waals surface area contributed by atoms with Gasteiger partial charge in [0.05, 0.1) is 37.7 Å². The lowest BCUT2D eigenvalue weighted by Crippen LogP contribution is -2.56. The maximum atomic E-state index is 12.6. The number of morpholine rings is 1. The lowest BCUT2D eigenvalue weighted by Gasteiger charge is -2.42. The molecule has 1 amide bonds. The molecular formula is C18H21N3O3. The van der Waals surface area contributed by atoms with Gasteiger partial charge in [-0.2, -0.15) is 10.2 Å². The number of hydrogen-bond donors (Lipinski definition) is 1. The molecule has 0 bridgehead atoms. The lowest BCUT2D eigenvalue weighted by atomic mass is 9.92. The molecule has 1 fully saturated rings. The van der Waals surface area contributed by atoms with Crippen molar-refractivity contribution in [3.05, 3.63) is 59.4 Å². The second-order valence-corrected chi connectivity index (χ2v) is 6.21. The molecule has 2 heterocycles. The fraction of sp³-hybridized carbons (Fsp3) is 0.389. The molecule has 0 saturated carbocycles. The Morgan fingerprint density at radius 1 is 1.29 bits per heavy atom. The van der Waals surface area contributed by atoms with Gasteiger partial charge in [-0.15, -0.1) is 0 Å². The van der Waals surface area contributed by atoms with E-state index in [1.165, 1.54) is 18.0 Å². The zero-order chi connectivity index (χ0) is 17.0. The first-order valence-corrected chi connectivity index (χ1v) is 7.98. The fourth-order valence-electron chi connectivity index (χ4n) is 2.95. The van der Waals surface area contributed by atoms with Gasteiger partial charge in [0.2, 0.25) is 0 Å². The summed E-state index contributed by atoms with van der Waals surface area (Å²) in [5.41, 5.74) is 1.98. The highest BCUT2D eigenvalue weighted by Gasteiger charge is 2.38. The van der Waals surface area contributed by atoms with Gasteiger partial charge >= 0.3 is 0 Å². The highest BCUT2D eigenvalue weighted by molar-refractivity contribution is 5.93. The van der Waals surface area contributed by atoms with Crippen LogP contribution >= 0.6 is 0 Å². The molecule has 1 aromatic carbocycles. The van der Waals surface area contributed by atoms with E-state index in [1.54, 1.807) is 11.0 Å². The molecule has 0 radical (unpaired) electrons. The van der Waals surface area contributed by atoms with E-state index in [0.29, 0.717) is 31.7 Å². The van der Waals surface area contributed by atoms with Crippen LogP contribution in [-0.4, -0.2) is 58.0 Å². The van der Waals surface area contributed by atoms with Crippen LogP contribution in [0.2, 0.25) is 0 Å². The number of benzene rings is 1. The number of aliphatic hydroxyl groups excluding tert-OH is 1. The lowest BCUT2D eigenvalue weighted by molar-refractivity contribution is -0.123.